The maximum atomic E-state index is 13.0. The molecule has 0 saturated carbocycles. The summed E-state index contributed by atoms with van der Waals surface area (Å²) in [5.74, 6) is 0.306. The van der Waals surface area contributed by atoms with E-state index in [0.717, 1.165) is 24.2 Å². The summed E-state index contributed by atoms with van der Waals surface area (Å²) in [6, 6.07) is 13.1. The molecule has 25 heavy (non-hydrogen) atoms. The van der Waals surface area contributed by atoms with E-state index in [9.17, 15) is 12.8 Å². The van der Waals surface area contributed by atoms with E-state index in [-0.39, 0.29) is 17.6 Å². The van der Waals surface area contributed by atoms with E-state index in [1.165, 1.54) is 24.3 Å². The van der Waals surface area contributed by atoms with Crippen LogP contribution in [0.15, 0.2) is 48.5 Å². The molecule has 1 saturated heterocycles. The van der Waals surface area contributed by atoms with Gasteiger partial charge in [-0.1, -0.05) is 24.3 Å². The van der Waals surface area contributed by atoms with Crippen molar-refractivity contribution in [1.29, 1.82) is 0 Å². The van der Waals surface area contributed by atoms with Crippen molar-refractivity contribution in [3.8, 4) is 5.75 Å². The van der Waals surface area contributed by atoms with Crippen molar-refractivity contribution in [2.24, 2.45) is 0 Å². The van der Waals surface area contributed by atoms with Crippen LogP contribution in [0.4, 0.5) is 4.39 Å². The molecule has 0 aliphatic carbocycles. The minimum atomic E-state index is -3.46. The van der Waals surface area contributed by atoms with Crippen molar-refractivity contribution < 1.29 is 17.5 Å². The third-order valence-corrected chi connectivity index (χ3v) is 6.25. The van der Waals surface area contributed by atoms with Gasteiger partial charge in [0.15, 0.2) is 0 Å². The third kappa shape index (κ3) is 4.19. The second kappa shape index (κ2) is 7.54. The molecule has 0 amide bonds. The van der Waals surface area contributed by atoms with Crippen LogP contribution in [0, 0.1) is 5.82 Å². The van der Waals surface area contributed by atoms with Crippen LogP contribution >= 0.6 is 0 Å². The van der Waals surface area contributed by atoms with Crippen LogP contribution in [0.5, 0.6) is 5.75 Å². The van der Waals surface area contributed by atoms with Gasteiger partial charge in [0.2, 0.25) is 10.0 Å². The molecule has 0 unspecified atom stereocenters. The number of hydrogen-bond donors (Lipinski definition) is 0. The Labute approximate surface area is 148 Å². The van der Waals surface area contributed by atoms with E-state index in [2.05, 4.69) is 0 Å². The Morgan fingerprint density at radius 1 is 1.12 bits per heavy atom. The lowest BCUT2D eigenvalue weighted by molar-refractivity contribution is 0.339. The largest absolute Gasteiger partial charge is 0.494 e. The van der Waals surface area contributed by atoms with Gasteiger partial charge in [-0.25, -0.2) is 12.8 Å². The molecule has 2 aromatic carbocycles. The SMILES string of the molecule is CCOc1ccc([C@@H]2CCCN2S(=O)(=O)Cc2ccc(F)cc2)cc1. The highest BCUT2D eigenvalue weighted by atomic mass is 32.2. The number of halogens is 1. The second-order valence-electron chi connectivity index (χ2n) is 6.15. The van der Waals surface area contributed by atoms with E-state index in [0.29, 0.717) is 18.7 Å². The van der Waals surface area contributed by atoms with E-state index in [4.69, 9.17) is 4.74 Å². The molecule has 4 nitrogen and oxygen atoms in total. The Morgan fingerprint density at radius 3 is 2.44 bits per heavy atom. The lowest BCUT2D eigenvalue weighted by atomic mass is 10.1. The first kappa shape index (κ1) is 17.9. The maximum absolute atomic E-state index is 13.0. The van der Waals surface area contributed by atoms with Crippen molar-refractivity contribution in [3.05, 3.63) is 65.5 Å². The molecular formula is C19H22FNO3S. The number of hydrogen-bond acceptors (Lipinski definition) is 3. The van der Waals surface area contributed by atoms with Gasteiger partial charge >= 0.3 is 0 Å². The zero-order chi connectivity index (χ0) is 17.9. The average molecular weight is 363 g/mol. The molecule has 0 radical (unpaired) electrons. The molecule has 1 heterocycles. The van der Waals surface area contributed by atoms with Gasteiger partial charge in [0.1, 0.15) is 11.6 Å². The van der Waals surface area contributed by atoms with Crippen LogP contribution in [0.2, 0.25) is 0 Å². The molecule has 0 bridgehead atoms. The van der Waals surface area contributed by atoms with Gasteiger partial charge in [0.25, 0.3) is 0 Å². The van der Waals surface area contributed by atoms with Crippen molar-refractivity contribution in [3.63, 3.8) is 0 Å². The topological polar surface area (TPSA) is 46.6 Å². The lowest BCUT2D eigenvalue weighted by Gasteiger charge is -2.24. The lowest BCUT2D eigenvalue weighted by Crippen LogP contribution is -2.31. The molecule has 0 spiro atoms. The highest BCUT2D eigenvalue weighted by Crippen LogP contribution is 2.35. The quantitative estimate of drug-likeness (QED) is 0.782. The van der Waals surface area contributed by atoms with E-state index < -0.39 is 10.0 Å². The smallest absolute Gasteiger partial charge is 0.218 e. The van der Waals surface area contributed by atoms with Crippen molar-refractivity contribution >= 4 is 10.0 Å². The van der Waals surface area contributed by atoms with Crippen LogP contribution in [0.3, 0.4) is 0 Å². The van der Waals surface area contributed by atoms with Gasteiger partial charge in [-0.3, -0.25) is 0 Å². The molecule has 0 N–H and O–H groups in total. The van der Waals surface area contributed by atoms with Crippen molar-refractivity contribution in [2.75, 3.05) is 13.2 Å². The van der Waals surface area contributed by atoms with Crippen molar-refractivity contribution in [2.45, 2.75) is 31.6 Å². The molecule has 1 atom stereocenters. The summed E-state index contributed by atoms with van der Waals surface area (Å²) in [7, 11) is -3.46. The number of sulfonamides is 1. The molecule has 1 fully saturated rings. The summed E-state index contributed by atoms with van der Waals surface area (Å²) in [5.41, 5.74) is 1.57. The Bertz CT molecular complexity index is 804. The number of ether oxygens (including phenoxy) is 1. The molecular weight excluding hydrogens is 341 g/mol. The molecule has 3 rings (SSSR count). The summed E-state index contributed by atoms with van der Waals surface area (Å²) in [6.45, 7) is 3.04. The monoisotopic (exact) mass is 363 g/mol. The molecule has 0 aromatic heterocycles. The van der Waals surface area contributed by atoms with Gasteiger partial charge in [0, 0.05) is 12.6 Å². The van der Waals surface area contributed by atoms with E-state index in [1.807, 2.05) is 31.2 Å². The van der Waals surface area contributed by atoms with Crippen LogP contribution in [0.25, 0.3) is 0 Å². The van der Waals surface area contributed by atoms with Crippen LogP contribution in [0.1, 0.15) is 36.9 Å². The number of nitrogens with zero attached hydrogens (tertiary/aromatic N) is 1. The van der Waals surface area contributed by atoms with E-state index in [1.54, 1.807) is 4.31 Å². The molecule has 2 aromatic rings. The summed E-state index contributed by atoms with van der Waals surface area (Å²) in [5, 5.41) is 0. The Kier molecular flexibility index (Phi) is 5.39. The zero-order valence-corrected chi connectivity index (χ0v) is 15.0. The fourth-order valence-electron chi connectivity index (χ4n) is 3.23. The molecule has 1 aliphatic rings. The zero-order valence-electron chi connectivity index (χ0n) is 14.2. The Balaban J connectivity index is 1.78. The normalized spacial score (nSPS) is 18.4. The van der Waals surface area contributed by atoms with E-state index >= 15 is 0 Å². The maximum Gasteiger partial charge on any atom is 0.218 e. The van der Waals surface area contributed by atoms with Crippen LogP contribution in [-0.2, 0) is 15.8 Å². The summed E-state index contributed by atoms with van der Waals surface area (Å²) >= 11 is 0. The summed E-state index contributed by atoms with van der Waals surface area (Å²) < 4.78 is 45.7. The molecule has 134 valence electrons. The fourth-order valence-corrected chi connectivity index (χ4v) is 5.03. The first-order chi connectivity index (χ1) is 12.0. The predicted molar refractivity (Wildman–Crippen MR) is 95.3 cm³/mol. The standard InChI is InChI=1S/C19H22FNO3S/c1-2-24-18-11-7-16(8-12-18)19-4-3-13-21(19)25(22,23)14-15-5-9-17(20)10-6-15/h5-12,19H,2-4,13-14H2,1H3/t19-/m0/s1. The van der Waals surface area contributed by atoms with Gasteiger partial charge in [0.05, 0.1) is 12.4 Å². The van der Waals surface area contributed by atoms with Crippen LogP contribution in [-0.4, -0.2) is 25.9 Å². The average Bonchev–Trinajstić information content (AvgIpc) is 3.08. The van der Waals surface area contributed by atoms with Gasteiger partial charge in [-0.05, 0) is 55.2 Å². The number of benzene rings is 2. The highest BCUT2D eigenvalue weighted by Gasteiger charge is 2.35. The first-order valence-electron chi connectivity index (χ1n) is 8.46. The number of rotatable bonds is 6. The first-order valence-corrected chi connectivity index (χ1v) is 10.1. The van der Waals surface area contributed by atoms with Gasteiger partial charge in [-0.15, -0.1) is 0 Å². The van der Waals surface area contributed by atoms with Crippen LogP contribution < -0.4 is 4.74 Å². The third-order valence-electron chi connectivity index (χ3n) is 4.40. The summed E-state index contributed by atoms with van der Waals surface area (Å²) in [6.07, 6.45) is 1.64. The minimum absolute atomic E-state index is 0.110. The highest BCUT2D eigenvalue weighted by molar-refractivity contribution is 7.88. The molecule has 6 heteroatoms. The van der Waals surface area contributed by atoms with Gasteiger partial charge < -0.3 is 4.74 Å². The second-order valence-corrected chi connectivity index (χ2v) is 8.08. The minimum Gasteiger partial charge on any atom is -0.494 e. The summed E-state index contributed by atoms with van der Waals surface area (Å²) in [4.78, 5) is 0. The fraction of sp³-hybridized carbons (Fsp3) is 0.368. The van der Waals surface area contributed by atoms with Crippen molar-refractivity contribution in [1.82, 2.24) is 4.31 Å². The molecule has 1 aliphatic heterocycles. The Hall–Kier alpha value is -1.92. The predicted octanol–water partition coefficient (Wildman–Crippen LogP) is 3.89. The Morgan fingerprint density at radius 2 is 1.80 bits per heavy atom. The van der Waals surface area contributed by atoms with Gasteiger partial charge in [-0.2, -0.15) is 4.31 Å².